The van der Waals surface area contributed by atoms with Crippen molar-refractivity contribution in [2.75, 3.05) is 5.43 Å². The molecule has 104 valence electrons. The number of halogens is 3. The number of carbonyl (C=O) groups excluding carboxylic acids is 1. The third-order valence-electron chi connectivity index (χ3n) is 3.19. The monoisotopic (exact) mass is 273 g/mol. The van der Waals surface area contributed by atoms with Gasteiger partial charge in [0.1, 0.15) is 0 Å². The predicted octanol–water partition coefficient (Wildman–Crippen LogP) is 2.27. The second-order valence-electron chi connectivity index (χ2n) is 4.50. The van der Waals surface area contributed by atoms with Gasteiger partial charge in [0.2, 0.25) is 0 Å². The first-order valence-corrected chi connectivity index (χ1v) is 5.90. The minimum absolute atomic E-state index is 0.0488. The van der Waals surface area contributed by atoms with Crippen molar-refractivity contribution in [3.8, 4) is 0 Å². The summed E-state index contributed by atoms with van der Waals surface area (Å²) in [6, 6.07) is 2.89. The van der Waals surface area contributed by atoms with E-state index >= 15 is 0 Å². The van der Waals surface area contributed by atoms with Crippen molar-refractivity contribution in [3.05, 3.63) is 29.3 Å². The van der Waals surface area contributed by atoms with E-state index in [-0.39, 0.29) is 17.3 Å². The summed E-state index contributed by atoms with van der Waals surface area (Å²) in [6.07, 6.45) is -1.75. The molecule has 0 saturated heterocycles. The number of nitrogens with two attached hydrogens (primary N) is 1. The number of hydrogen-bond donors (Lipinski definition) is 3. The maximum atomic E-state index is 12.6. The second kappa shape index (κ2) is 5.08. The van der Waals surface area contributed by atoms with Crippen LogP contribution < -0.4 is 16.6 Å². The van der Waals surface area contributed by atoms with Crippen molar-refractivity contribution in [3.63, 3.8) is 0 Å². The molecule has 0 heterocycles. The number of benzene rings is 1. The Balaban J connectivity index is 2.27. The van der Waals surface area contributed by atoms with Gasteiger partial charge in [0.25, 0.3) is 5.91 Å². The summed E-state index contributed by atoms with van der Waals surface area (Å²) in [5.74, 6) is 4.68. The van der Waals surface area contributed by atoms with Crippen LogP contribution in [0.4, 0.5) is 18.9 Å². The zero-order chi connectivity index (χ0) is 14.0. The lowest BCUT2D eigenvalue weighted by molar-refractivity contribution is -0.137. The summed E-state index contributed by atoms with van der Waals surface area (Å²) >= 11 is 0. The number of alkyl halides is 3. The van der Waals surface area contributed by atoms with Crippen LogP contribution in [0.3, 0.4) is 0 Å². The number of hydrogen-bond acceptors (Lipinski definition) is 3. The zero-order valence-electron chi connectivity index (χ0n) is 10.1. The largest absolute Gasteiger partial charge is 0.416 e. The highest BCUT2D eigenvalue weighted by atomic mass is 19.4. The smallest absolute Gasteiger partial charge is 0.349 e. The molecule has 19 heavy (non-hydrogen) atoms. The molecule has 1 aliphatic rings. The minimum Gasteiger partial charge on any atom is -0.349 e. The molecule has 0 aliphatic heterocycles. The van der Waals surface area contributed by atoms with E-state index < -0.39 is 17.6 Å². The summed E-state index contributed by atoms with van der Waals surface area (Å²) in [7, 11) is 0. The van der Waals surface area contributed by atoms with Crippen molar-refractivity contribution in [1.82, 2.24) is 5.32 Å². The van der Waals surface area contributed by atoms with Crippen molar-refractivity contribution < 1.29 is 18.0 Å². The van der Waals surface area contributed by atoms with E-state index in [1.165, 1.54) is 0 Å². The van der Waals surface area contributed by atoms with Gasteiger partial charge in [0.05, 0.1) is 16.8 Å². The van der Waals surface area contributed by atoms with Crippen LogP contribution in [0.25, 0.3) is 0 Å². The average molecular weight is 273 g/mol. The van der Waals surface area contributed by atoms with Crippen LogP contribution in [-0.2, 0) is 6.18 Å². The SMILES string of the molecule is NNc1ccc(C(F)(F)F)cc1C(=O)NC1CCC1. The molecule has 0 aromatic heterocycles. The summed E-state index contributed by atoms with van der Waals surface area (Å²) in [5.41, 5.74) is 1.44. The van der Waals surface area contributed by atoms with Crippen LogP contribution in [0.5, 0.6) is 0 Å². The Morgan fingerprint density at radius 3 is 2.47 bits per heavy atom. The fourth-order valence-electron chi connectivity index (χ4n) is 1.85. The Kier molecular flexibility index (Phi) is 3.66. The molecule has 0 bridgehead atoms. The Bertz CT molecular complexity index is 484. The standard InChI is InChI=1S/C12H14F3N3O/c13-12(14,15)7-4-5-10(18-16)9(6-7)11(19)17-8-2-1-3-8/h4-6,8,18H,1-3,16H2,(H,17,19). The van der Waals surface area contributed by atoms with Gasteiger partial charge in [0, 0.05) is 6.04 Å². The molecule has 1 aromatic rings. The fourth-order valence-corrected chi connectivity index (χ4v) is 1.85. The molecule has 0 unspecified atom stereocenters. The van der Waals surface area contributed by atoms with E-state index in [1.54, 1.807) is 0 Å². The van der Waals surface area contributed by atoms with Crippen molar-refractivity contribution >= 4 is 11.6 Å². The van der Waals surface area contributed by atoms with E-state index in [9.17, 15) is 18.0 Å². The van der Waals surface area contributed by atoms with E-state index in [4.69, 9.17) is 5.84 Å². The maximum absolute atomic E-state index is 12.6. The first-order chi connectivity index (χ1) is 8.91. The maximum Gasteiger partial charge on any atom is 0.416 e. The van der Waals surface area contributed by atoms with Gasteiger partial charge in [-0.25, -0.2) is 0 Å². The number of nitrogen functional groups attached to an aromatic ring is 1. The Morgan fingerprint density at radius 1 is 1.32 bits per heavy atom. The lowest BCUT2D eigenvalue weighted by atomic mass is 9.93. The van der Waals surface area contributed by atoms with Crippen molar-refractivity contribution in [2.45, 2.75) is 31.5 Å². The van der Waals surface area contributed by atoms with Gasteiger partial charge in [-0.2, -0.15) is 13.2 Å². The normalized spacial score (nSPS) is 15.8. The summed E-state index contributed by atoms with van der Waals surface area (Å²) in [4.78, 5) is 11.9. The van der Waals surface area contributed by atoms with Crippen LogP contribution in [0, 0.1) is 0 Å². The van der Waals surface area contributed by atoms with E-state index in [2.05, 4.69) is 10.7 Å². The molecule has 1 fully saturated rings. The minimum atomic E-state index is -4.49. The average Bonchev–Trinajstić information content (AvgIpc) is 2.31. The van der Waals surface area contributed by atoms with Gasteiger partial charge in [-0.15, -0.1) is 0 Å². The number of hydrazine groups is 1. The molecule has 1 aromatic carbocycles. The topological polar surface area (TPSA) is 67.1 Å². The molecule has 7 heteroatoms. The first-order valence-electron chi connectivity index (χ1n) is 5.90. The molecule has 1 aliphatic carbocycles. The van der Waals surface area contributed by atoms with Crippen LogP contribution in [0.15, 0.2) is 18.2 Å². The van der Waals surface area contributed by atoms with Crippen molar-refractivity contribution in [2.24, 2.45) is 5.84 Å². The van der Waals surface area contributed by atoms with Gasteiger partial charge in [0.15, 0.2) is 0 Å². The second-order valence-corrected chi connectivity index (χ2v) is 4.50. The molecule has 1 amide bonds. The Hall–Kier alpha value is -1.76. The Morgan fingerprint density at radius 2 is 2.00 bits per heavy atom. The lowest BCUT2D eigenvalue weighted by Crippen LogP contribution is -2.39. The number of amides is 1. The van der Waals surface area contributed by atoms with Crippen molar-refractivity contribution in [1.29, 1.82) is 0 Å². The third kappa shape index (κ3) is 2.98. The number of carbonyl (C=O) groups is 1. The lowest BCUT2D eigenvalue weighted by Gasteiger charge is -2.26. The molecule has 0 spiro atoms. The number of nitrogens with one attached hydrogen (secondary N) is 2. The predicted molar refractivity (Wildman–Crippen MR) is 64.4 cm³/mol. The molecular weight excluding hydrogens is 259 g/mol. The van der Waals surface area contributed by atoms with Crippen LogP contribution >= 0.6 is 0 Å². The highest BCUT2D eigenvalue weighted by Gasteiger charge is 2.32. The first kappa shape index (κ1) is 13.7. The van der Waals surface area contributed by atoms with Gasteiger partial charge in [-0.3, -0.25) is 10.6 Å². The quantitative estimate of drug-likeness (QED) is 0.584. The van der Waals surface area contributed by atoms with Crippen LogP contribution in [0.2, 0.25) is 0 Å². The van der Waals surface area contributed by atoms with Gasteiger partial charge in [-0.05, 0) is 37.5 Å². The van der Waals surface area contributed by atoms with E-state index in [1.807, 2.05) is 0 Å². The highest BCUT2D eigenvalue weighted by molar-refractivity contribution is 6.00. The van der Waals surface area contributed by atoms with Crippen LogP contribution in [-0.4, -0.2) is 11.9 Å². The van der Waals surface area contributed by atoms with Gasteiger partial charge < -0.3 is 10.7 Å². The highest BCUT2D eigenvalue weighted by Crippen LogP contribution is 2.32. The molecule has 1 saturated carbocycles. The molecule has 0 radical (unpaired) electrons. The number of rotatable bonds is 3. The third-order valence-corrected chi connectivity index (χ3v) is 3.19. The summed E-state index contributed by atoms with van der Waals surface area (Å²) in [6.45, 7) is 0. The van der Waals surface area contributed by atoms with Gasteiger partial charge in [-0.1, -0.05) is 0 Å². The summed E-state index contributed by atoms with van der Waals surface area (Å²) < 4.78 is 37.9. The molecule has 2 rings (SSSR count). The number of anilines is 1. The zero-order valence-corrected chi connectivity index (χ0v) is 10.1. The van der Waals surface area contributed by atoms with E-state index in [0.29, 0.717) is 0 Å². The summed E-state index contributed by atoms with van der Waals surface area (Å²) in [5, 5.41) is 2.68. The Labute approximate surface area is 108 Å². The fraction of sp³-hybridized carbons (Fsp3) is 0.417. The molecular formula is C12H14F3N3O. The molecule has 4 N–H and O–H groups in total. The molecule has 0 atom stereocenters. The van der Waals surface area contributed by atoms with E-state index in [0.717, 1.165) is 37.5 Å². The van der Waals surface area contributed by atoms with Gasteiger partial charge >= 0.3 is 6.18 Å². The van der Waals surface area contributed by atoms with Crippen LogP contribution in [0.1, 0.15) is 35.2 Å². The molecule has 4 nitrogen and oxygen atoms in total.